The van der Waals surface area contributed by atoms with Crippen molar-refractivity contribution in [2.24, 2.45) is 10.9 Å². The Kier molecular flexibility index (Phi) is 7.57. The van der Waals surface area contributed by atoms with E-state index in [2.05, 4.69) is 64.6 Å². The highest BCUT2D eigenvalue weighted by Crippen LogP contribution is 2.18. The molecule has 2 saturated heterocycles. The van der Waals surface area contributed by atoms with E-state index < -0.39 is 0 Å². The average molecular weight is 388 g/mol. The lowest BCUT2D eigenvalue weighted by atomic mass is 10.0. The third kappa shape index (κ3) is 5.85. The van der Waals surface area contributed by atoms with Gasteiger partial charge in [-0.15, -0.1) is 0 Å². The molecule has 0 spiro atoms. The van der Waals surface area contributed by atoms with Gasteiger partial charge in [-0.05, 0) is 55.4 Å². The second-order valence-corrected chi connectivity index (χ2v) is 8.38. The lowest BCUT2D eigenvalue weighted by Crippen LogP contribution is -2.49. The van der Waals surface area contributed by atoms with Gasteiger partial charge < -0.3 is 25.2 Å². The third-order valence-electron chi connectivity index (χ3n) is 5.98. The van der Waals surface area contributed by atoms with Crippen molar-refractivity contribution in [3.05, 3.63) is 29.3 Å². The molecule has 3 rings (SSSR count). The van der Waals surface area contributed by atoms with Gasteiger partial charge in [0.1, 0.15) is 0 Å². The van der Waals surface area contributed by atoms with Crippen LogP contribution in [0.1, 0.15) is 30.4 Å². The maximum atomic E-state index is 5.51. The predicted octanol–water partition coefficient (Wildman–Crippen LogP) is 2.23. The van der Waals surface area contributed by atoms with Gasteiger partial charge in [0, 0.05) is 65.7 Å². The summed E-state index contributed by atoms with van der Waals surface area (Å²) in [5.41, 5.74) is 3.85. The summed E-state index contributed by atoms with van der Waals surface area (Å²) in [5.74, 6) is 1.64. The minimum Gasteiger partial charge on any atom is -0.381 e. The van der Waals surface area contributed by atoms with Crippen molar-refractivity contribution in [1.29, 1.82) is 0 Å². The number of guanidine groups is 1. The Morgan fingerprint density at radius 3 is 2.64 bits per heavy atom. The Morgan fingerprint density at radius 2 is 2.04 bits per heavy atom. The number of ether oxygens (including phenoxy) is 1. The molecule has 2 N–H and O–H groups in total. The first-order chi connectivity index (χ1) is 13.5. The van der Waals surface area contributed by atoms with Crippen LogP contribution >= 0.6 is 0 Å². The van der Waals surface area contributed by atoms with E-state index in [-0.39, 0.29) is 0 Å². The Labute approximate surface area is 170 Å². The zero-order valence-electron chi connectivity index (χ0n) is 18.0. The van der Waals surface area contributed by atoms with E-state index in [0.29, 0.717) is 6.04 Å². The molecule has 1 atom stereocenters. The minimum absolute atomic E-state index is 0.500. The quantitative estimate of drug-likeness (QED) is 0.579. The van der Waals surface area contributed by atoms with Gasteiger partial charge in [0.2, 0.25) is 0 Å². The summed E-state index contributed by atoms with van der Waals surface area (Å²) in [6.07, 6.45) is 3.57. The number of benzene rings is 1. The number of piperidine rings is 1. The van der Waals surface area contributed by atoms with Crippen LogP contribution in [0.5, 0.6) is 0 Å². The lowest BCUT2D eigenvalue weighted by Gasteiger charge is -2.34. The largest absolute Gasteiger partial charge is 0.381 e. The molecule has 2 fully saturated rings. The Balaban J connectivity index is 1.42. The highest BCUT2D eigenvalue weighted by atomic mass is 16.5. The summed E-state index contributed by atoms with van der Waals surface area (Å²) in [4.78, 5) is 9.17. The van der Waals surface area contributed by atoms with Crippen LogP contribution in [0.2, 0.25) is 0 Å². The molecular weight excluding hydrogens is 350 g/mol. The van der Waals surface area contributed by atoms with Crippen molar-refractivity contribution in [1.82, 2.24) is 15.5 Å². The van der Waals surface area contributed by atoms with Crippen molar-refractivity contribution in [2.75, 3.05) is 58.9 Å². The summed E-state index contributed by atoms with van der Waals surface area (Å²) in [7, 11) is 6.00. The van der Waals surface area contributed by atoms with Crippen molar-refractivity contribution in [2.45, 2.75) is 38.8 Å². The molecule has 0 saturated carbocycles. The van der Waals surface area contributed by atoms with E-state index in [0.717, 1.165) is 44.7 Å². The highest BCUT2D eigenvalue weighted by Gasteiger charge is 2.24. The molecule has 0 bridgehead atoms. The van der Waals surface area contributed by atoms with Gasteiger partial charge in [0.25, 0.3) is 0 Å². The maximum Gasteiger partial charge on any atom is 0.191 e. The van der Waals surface area contributed by atoms with Gasteiger partial charge in [-0.25, -0.2) is 0 Å². The molecule has 2 aliphatic rings. The molecule has 28 heavy (non-hydrogen) atoms. The van der Waals surface area contributed by atoms with Crippen molar-refractivity contribution < 1.29 is 4.74 Å². The van der Waals surface area contributed by atoms with Gasteiger partial charge in [0.15, 0.2) is 5.96 Å². The molecule has 1 aromatic rings. The molecule has 2 heterocycles. The van der Waals surface area contributed by atoms with Crippen molar-refractivity contribution in [3.63, 3.8) is 0 Å². The number of hydrogen-bond acceptors (Lipinski definition) is 4. The summed E-state index contributed by atoms with van der Waals surface area (Å²) in [5, 5.41) is 7.11. The first kappa shape index (κ1) is 20.9. The topological polar surface area (TPSA) is 52.1 Å². The average Bonchev–Trinajstić information content (AvgIpc) is 3.20. The Bertz CT molecular complexity index is 646. The molecule has 0 aliphatic carbocycles. The van der Waals surface area contributed by atoms with E-state index in [1.54, 1.807) is 0 Å². The molecule has 1 unspecified atom stereocenters. The number of aryl methyl sites for hydroxylation is 1. The van der Waals surface area contributed by atoms with Crippen molar-refractivity contribution >= 4 is 11.6 Å². The third-order valence-corrected chi connectivity index (χ3v) is 5.98. The number of nitrogens with zero attached hydrogens (tertiary/aromatic N) is 3. The molecule has 2 aliphatic heterocycles. The zero-order chi connectivity index (χ0) is 19.9. The normalized spacial score (nSPS) is 21.7. The molecule has 0 aromatic heterocycles. The van der Waals surface area contributed by atoms with E-state index in [1.807, 2.05) is 7.05 Å². The predicted molar refractivity (Wildman–Crippen MR) is 117 cm³/mol. The van der Waals surface area contributed by atoms with Crippen molar-refractivity contribution in [3.8, 4) is 0 Å². The first-order valence-electron chi connectivity index (χ1n) is 10.6. The van der Waals surface area contributed by atoms with Gasteiger partial charge in [-0.2, -0.15) is 0 Å². The first-order valence-corrected chi connectivity index (χ1v) is 10.6. The fraction of sp³-hybridized carbons (Fsp3) is 0.682. The fourth-order valence-electron chi connectivity index (χ4n) is 4.08. The van der Waals surface area contributed by atoms with Crippen LogP contribution in [0, 0.1) is 12.8 Å². The van der Waals surface area contributed by atoms with Crippen LogP contribution < -0.4 is 15.5 Å². The smallest absolute Gasteiger partial charge is 0.191 e. The van der Waals surface area contributed by atoms with E-state index in [9.17, 15) is 0 Å². The number of rotatable bonds is 6. The summed E-state index contributed by atoms with van der Waals surface area (Å²) in [6.45, 7) is 8.38. The summed E-state index contributed by atoms with van der Waals surface area (Å²) >= 11 is 0. The molecule has 1 aromatic carbocycles. The number of hydrogen-bond donors (Lipinski definition) is 2. The summed E-state index contributed by atoms with van der Waals surface area (Å²) in [6, 6.07) is 7.11. The number of nitrogens with one attached hydrogen (secondary N) is 2. The molecule has 156 valence electrons. The van der Waals surface area contributed by atoms with Crippen LogP contribution in [-0.2, 0) is 11.3 Å². The van der Waals surface area contributed by atoms with Crippen LogP contribution in [0.15, 0.2) is 23.2 Å². The molecule has 6 heteroatoms. The van der Waals surface area contributed by atoms with Crippen LogP contribution in [0.4, 0.5) is 5.69 Å². The van der Waals surface area contributed by atoms with E-state index in [1.165, 1.54) is 42.6 Å². The standard InChI is InChI=1S/C22H37N5O/c1-17-13-21(26(3)4)6-5-19(17)14-24-22(23-2)25-20-7-10-27(11-8-20)15-18-9-12-28-16-18/h5-6,13,18,20H,7-12,14-16H2,1-4H3,(H2,23,24,25). The number of anilines is 1. The highest BCUT2D eigenvalue weighted by molar-refractivity contribution is 5.80. The number of aliphatic imine (C=N–C) groups is 1. The fourth-order valence-corrected chi connectivity index (χ4v) is 4.08. The Morgan fingerprint density at radius 1 is 1.25 bits per heavy atom. The SMILES string of the molecule is CN=C(NCc1ccc(N(C)C)cc1C)NC1CCN(CC2CCOC2)CC1. The van der Waals surface area contributed by atoms with Crippen LogP contribution in [-0.4, -0.2) is 70.9 Å². The van der Waals surface area contributed by atoms with E-state index >= 15 is 0 Å². The minimum atomic E-state index is 0.500. The second-order valence-electron chi connectivity index (χ2n) is 8.38. The maximum absolute atomic E-state index is 5.51. The van der Waals surface area contributed by atoms with Gasteiger partial charge in [0.05, 0.1) is 6.61 Å². The Hall–Kier alpha value is -1.79. The van der Waals surface area contributed by atoms with Gasteiger partial charge in [-0.3, -0.25) is 4.99 Å². The van der Waals surface area contributed by atoms with Crippen LogP contribution in [0.25, 0.3) is 0 Å². The summed E-state index contributed by atoms with van der Waals surface area (Å²) < 4.78 is 5.51. The van der Waals surface area contributed by atoms with Crippen LogP contribution in [0.3, 0.4) is 0 Å². The molecule has 6 nitrogen and oxygen atoms in total. The zero-order valence-corrected chi connectivity index (χ0v) is 18.0. The molecule has 0 amide bonds. The second kappa shape index (κ2) is 10.1. The monoisotopic (exact) mass is 387 g/mol. The number of likely N-dealkylation sites (tertiary alicyclic amines) is 1. The molecule has 0 radical (unpaired) electrons. The van der Waals surface area contributed by atoms with E-state index in [4.69, 9.17) is 4.74 Å². The molecular formula is C22H37N5O. The van der Waals surface area contributed by atoms with Gasteiger partial charge >= 0.3 is 0 Å². The lowest BCUT2D eigenvalue weighted by molar-refractivity contribution is 0.150. The van der Waals surface area contributed by atoms with Gasteiger partial charge in [-0.1, -0.05) is 6.07 Å².